The third kappa shape index (κ3) is 2.34. The zero-order chi connectivity index (χ0) is 12.6. The number of hydrogen-bond acceptors (Lipinski definition) is 4. The minimum absolute atomic E-state index is 0.115. The van der Waals surface area contributed by atoms with Crippen molar-refractivity contribution in [1.82, 2.24) is 0 Å². The summed E-state index contributed by atoms with van der Waals surface area (Å²) in [5.41, 5.74) is -0.266. The van der Waals surface area contributed by atoms with Gasteiger partial charge in [0.05, 0.1) is 12.7 Å². The number of rotatable bonds is 4. The van der Waals surface area contributed by atoms with E-state index in [0.29, 0.717) is 12.0 Å². The molecule has 0 spiro atoms. The zero-order valence-electron chi connectivity index (χ0n) is 9.43. The Hall–Kier alpha value is -1.75. The van der Waals surface area contributed by atoms with Gasteiger partial charge in [0.15, 0.2) is 11.5 Å². The highest BCUT2D eigenvalue weighted by atomic mass is 16.5. The van der Waals surface area contributed by atoms with Gasteiger partial charge >= 0.3 is 5.97 Å². The Balaban J connectivity index is 2.39. The van der Waals surface area contributed by atoms with Crippen LogP contribution in [-0.2, 0) is 6.42 Å². The second-order valence-corrected chi connectivity index (χ2v) is 4.40. The van der Waals surface area contributed by atoms with Gasteiger partial charge in [-0.15, -0.1) is 0 Å². The molecule has 1 aromatic rings. The Morgan fingerprint density at radius 3 is 2.59 bits per heavy atom. The lowest BCUT2D eigenvalue weighted by molar-refractivity contribution is 0.0692. The maximum atomic E-state index is 10.9. The van der Waals surface area contributed by atoms with Gasteiger partial charge in [-0.05, 0) is 30.5 Å². The number of carboxylic acids is 1. The molecule has 1 fully saturated rings. The number of carbonyl (C=O) groups is 1. The second kappa shape index (κ2) is 3.92. The van der Waals surface area contributed by atoms with Crippen LogP contribution in [0, 0.1) is 0 Å². The molecule has 0 atom stereocenters. The molecular formula is C12H14O5. The van der Waals surface area contributed by atoms with Gasteiger partial charge in [0.25, 0.3) is 0 Å². The Morgan fingerprint density at radius 2 is 2.12 bits per heavy atom. The monoisotopic (exact) mass is 238 g/mol. The van der Waals surface area contributed by atoms with Crippen LogP contribution in [0.2, 0.25) is 0 Å². The lowest BCUT2D eigenvalue weighted by atomic mass is 10.0. The number of methoxy groups -OCH3 is 1. The van der Waals surface area contributed by atoms with Crippen LogP contribution in [0.25, 0.3) is 0 Å². The van der Waals surface area contributed by atoms with Gasteiger partial charge in [-0.25, -0.2) is 4.79 Å². The van der Waals surface area contributed by atoms with Crippen molar-refractivity contribution in [2.45, 2.75) is 24.9 Å². The van der Waals surface area contributed by atoms with E-state index in [-0.39, 0.29) is 17.1 Å². The number of aromatic carboxylic acids is 1. The Kier molecular flexibility index (Phi) is 2.71. The van der Waals surface area contributed by atoms with Gasteiger partial charge in [0.2, 0.25) is 0 Å². The standard InChI is InChI=1S/C12H14O5/c1-17-9-5-7(6-12(16)2-3-12)4-8(10(9)13)11(14)15/h4-5,13,16H,2-3,6H2,1H3,(H,14,15). The van der Waals surface area contributed by atoms with Crippen LogP contribution in [-0.4, -0.2) is 34.0 Å². The van der Waals surface area contributed by atoms with E-state index in [9.17, 15) is 15.0 Å². The molecule has 0 unspecified atom stereocenters. The molecule has 0 amide bonds. The zero-order valence-corrected chi connectivity index (χ0v) is 9.43. The summed E-state index contributed by atoms with van der Waals surface area (Å²) in [5.74, 6) is -1.49. The van der Waals surface area contributed by atoms with Gasteiger partial charge < -0.3 is 20.1 Å². The molecule has 3 N–H and O–H groups in total. The highest BCUT2D eigenvalue weighted by Gasteiger charge is 2.40. The van der Waals surface area contributed by atoms with E-state index in [2.05, 4.69) is 0 Å². The molecule has 92 valence electrons. The summed E-state index contributed by atoms with van der Waals surface area (Å²) < 4.78 is 4.92. The van der Waals surface area contributed by atoms with Crippen molar-refractivity contribution in [2.75, 3.05) is 7.11 Å². The average molecular weight is 238 g/mol. The molecular weight excluding hydrogens is 224 g/mol. The summed E-state index contributed by atoms with van der Waals surface area (Å²) in [7, 11) is 1.36. The summed E-state index contributed by atoms with van der Waals surface area (Å²) in [4.78, 5) is 10.9. The topological polar surface area (TPSA) is 87.0 Å². The lowest BCUT2D eigenvalue weighted by Gasteiger charge is -2.12. The molecule has 0 heterocycles. The largest absolute Gasteiger partial charge is 0.504 e. The minimum atomic E-state index is -1.22. The van der Waals surface area contributed by atoms with Gasteiger partial charge in [-0.2, -0.15) is 0 Å². The molecule has 0 bridgehead atoms. The van der Waals surface area contributed by atoms with Gasteiger partial charge in [-0.3, -0.25) is 0 Å². The third-order valence-electron chi connectivity index (χ3n) is 2.95. The summed E-state index contributed by atoms with van der Waals surface area (Å²) in [6.07, 6.45) is 1.82. The number of aliphatic hydroxyl groups is 1. The van der Waals surface area contributed by atoms with E-state index >= 15 is 0 Å². The third-order valence-corrected chi connectivity index (χ3v) is 2.95. The maximum Gasteiger partial charge on any atom is 0.339 e. The number of aromatic hydroxyl groups is 1. The molecule has 0 saturated heterocycles. The predicted molar refractivity (Wildman–Crippen MR) is 59.5 cm³/mol. The van der Waals surface area contributed by atoms with Crippen LogP contribution in [0.4, 0.5) is 0 Å². The highest BCUT2D eigenvalue weighted by molar-refractivity contribution is 5.92. The molecule has 1 aliphatic carbocycles. The maximum absolute atomic E-state index is 10.9. The molecule has 2 rings (SSSR count). The number of carboxylic acid groups (broad SMARTS) is 1. The average Bonchev–Trinajstić information content (AvgIpc) is 2.98. The first-order valence-corrected chi connectivity index (χ1v) is 5.31. The van der Waals surface area contributed by atoms with Crippen molar-refractivity contribution in [3.05, 3.63) is 23.3 Å². The van der Waals surface area contributed by atoms with Crippen molar-refractivity contribution < 1.29 is 24.9 Å². The Labute approximate surface area is 98.3 Å². The fraction of sp³-hybridized carbons (Fsp3) is 0.417. The van der Waals surface area contributed by atoms with Crippen LogP contribution < -0.4 is 4.74 Å². The normalized spacial score (nSPS) is 16.6. The van der Waals surface area contributed by atoms with Crippen LogP contribution in [0.1, 0.15) is 28.8 Å². The van der Waals surface area contributed by atoms with Gasteiger partial charge in [0, 0.05) is 6.42 Å². The van der Waals surface area contributed by atoms with E-state index in [1.54, 1.807) is 6.07 Å². The second-order valence-electron chi connectivity index (χ2n) is 4.40. The van der Waals surface area contributed by atoms with Crippen LogP contribution >= 0.6 is 0 Å². The molecule has 17 heavy (non-hydrogen) atoms. The number of benzene rings is 1. The SMILES string of the molecule is COc1cc(CC2(O)CC2)cc(C(=O)O)c1O. The molecule has 5 nitrogen and oxygen atoms in total. The van der Waals surface area contributed by atoms with E-state index in [4.69, 9.17) is 9.84 Å². The molecule has 1 aromatic carbocycles. The molecule has 0 radical (unpaired) electrons. The fourth-order valence-electron chi connectivity index (χ4n) is 1.79. The minimum Gasteiger partial charge on any atom is -0.504 e. The van der Waals surface area contributed by atoms with Crippen molar-refractivity contribution in [1.29, 1.82) is 0 Å². The van der Waals surface area contributed by atoms with Crippen LogP contribution in [0.15, 0.2) is 12.1 Å². The summed E-state index contributed by atoms with van der Waals surface area (Å²) in [6, 6.07) is 2.93. The van der Waals surface area contributed by atoms with Crippen LogP contribution in [0.3, 0.4) is 0 Å². The van der Waals surface area contributed by atoms with Gasteiger partial charge in [-0.1, -0.05) is 0 Å². The number of phenols is 1. The van der Waals surface area contributed by atoms with Crippen molar-refractivity contribution in [3.8, 4) is 11.5 Å². The Morgan fingerprint density at radius 1 is 1.47 bits per heavy atom. The van der Waals surface area contributed by atoms with Gasteiger partial charge in [0.1, 0.15) is 5.56 Å². The van der Waals surface area contributed by atoms with E-state index in [1.165, 1.54) is 13.2 Å². The number of ether oxygens (including phenoxy) is 1. The highest BCUT2D eigenvalue weighted by Crippen LogP contribution is 2.40. The molecule has 0 aliphatic heterocycles. The van der Waals surface area contributed by atoms with Crippen molar-refractivity contribution >= 4 is 5.97 Å². The van der Waals surface area contributed by atoms with Crippen molar-refractivity contribution in [3.63, 3.8) is 0 Å². The first-order chi connectivity index (χ1) is 7.95. The lowest BCUT2D eigenvalue weighted by Crippen LogP contribution is -2.11. The van der Waals surface area contributed by atoms with E-state index in [0.717, 1.165) is 12.8 Å². The van der Waals surface area contributed by atoms with E-state index in [1.807, 2.05) is 0 Å². The molecule has 1 aliphatic rings. The predicted octanol–water partition coefficient (Wildman–Crippen LogP) is 1.17. The summed E-state index contributed by atoms with van der Waals surface area (Å²) >= 11 is 0. The summed E-state index contributed by atoms with van der Waals surface area (Å²) in [6.45, 7) is 0. The molecule has 1 saturated carbocycles. The van der Waals surface area contributed by atoms with E-state index < -0.39 is 11.6 Å². The molecule has 5 heteroatoms. The quantitative estimate of drug-likeness (QED) is 0.732. The first kappa shape index (κ1) is 11.7. The summed E-state index contributed by atoms with van der Waals surface area (Å²) in [5, 5.41) is 28.4. The number of hydrogen-bond donors (Lipinski definition) is 3. The molecule has 0 aromatic heterocycles. The fourth-order valence-corrected chi connectivity index (χ4v) is 1.79. The first-order valence-electron chi connectivity index (χ1n) is 5.31. The Bertz CT molecular complexity index is 462. The van der Waals surface area contributed by atoms with Crippen LogP contribution in [0.5, 0.6) is 11.5 Å². The smallest absolute Gasteiger partial charge is 0.339 e. The van der Waals surface area contributed by atoms with Crippen molar-refractivity contribution in [2.24, 2.45) is 0 Å².